The van der Waals surface area contributed by atoms with Gasteiger partial charge in [-0.1, -0.05) is 32.0 Å². The molecule has 0 bridgehead atoms. The molecule has 134 valence electrons. The summed E-state index contributed by atoms with van der Waals surface area (Å²) in [6.45, 7) is 6.38. The number of rotatable bonds is 7. The van der Waals surface area contributed by atoms with E-state index in [4.69, 9.17) is 9.47 Å². The fourth-order valence-corrected chi connectivity index (χ4v) is 2.82. The average Bonchev–Trinajstić information content (AvgIpc) is 2.65. The molecule has 0 aliphatic rings. The molecule has 0 radical (unpaired) electrons. The van der Waals surface area contributed by atoms with Crippen LogP contribution in [0.3, 0.4) is 0 Å². The van der Waals surface area contributed by atoms with Gasteiger partial charge in [0.25, 0.3) is 0 Å². The van der Waals surface area contributed by atoms with Crippen molar-refractivity contribution in [1.82, 2.24) is 0 Å². The second kappa shape index (κ2) is 8.56. The first-order chi connectivity index (χ1) is 12.0. The first kappa shape index (κ1) is 18.8. The molecule has 0 saturated carbocycles. The molecule has 2 aromatic rings. The number of hydrogen-bond donors (Lipinski definition) is 0. The van der Waals surface area contributed by atoms with Crippen molar-refractivity contribution in [3.8, 4) is 11.5 Å². The Hall–Kier alpha value is -2.49. The molecule has 0 atom stereocenters. The number of methoxy groups -OCH3 is 1. The van der Waals surface area contributed by atoms with E-state index in [9.17, 15) is 4.79 Å². The number of anilines is 1. The number of aryl methyl sites for hydroxylation is 2. The van der Waals surface area contributed by atoms with E-state index in [1.807, 2.05) is 38.1 Å². The van der Waals surface area contributed by atoms with E-state index in [1.54, 1.807) is 19.1 Å². The number of amides is 1. The van der Waals surface area contributed by atoms with E-state index in [1.165, 1.54) is 5.56 Å². The summed E-state index contributed by atoms with van der Waals surface area (Å²) in [6, 6.07) is 11.9. The lowest BCUT2D eigenvalue weighted by atomic mass is 10.1. The fraction of sp³-hybridized carbons (Fsp3) is 0.381. The van der Waals surface area contributed by atoms with Crippen molar-refractivity contribution in [2.24, 2.45) is 0 Å². The lowest BCUT2D eigenvalue weighted by Gasteiger charge is -2.22. The van der Waals surface area contributed by atoms with Crippen LogP contribution in [0.5, 0.6) is 11.5 Å². The maximum atomic E-state index is 12.1. The molecule has 0 spiro atoms. The maximum Gasteiger partial charge on any atom is 0.226 e. The molecule has 0 fully saturated rings. The van der Waals surface area contributed by atoms with Gasteiger partial charge >= 0.3 is 0 Å². The summed E-state index contributed by atoms with van der Waals surface area (Å²) in [4.78, 5) is 13.8. The van der Waals surface area contributed by atoms with E-state index < -0.39 is 0 Å². The first-order valence-electron chi connectivity index (χ1n) is 8.66. The van der Waals surface area contributed by atoms with Gasteiger partial charge in [0, 0.05) is 13.5 Å². The lowest BCUT2D eigenvalue weighted by Crippen LogP contribution is -2.26. The molecule has 0 saturated heterocycles. The quantitative estimate of drug-likeness (QED) is 0.743. The molecule has 0 aliphatic heterocycles. The van der Waals surface area contributed by atoms with Crippen LogP contribution in [0.4, 0.5) is 5.69 Å². The number of carbonyl (C=O) groups is 1. The minimum atomic E-state index is 0.0537. The van der Waals surface area contributed by atoms with Gasteiger partial charge in [0.1, 0.15) is 18.1 Å². The SMILES string of the molecule is CCC(=O)N(C)c1cccc(OC)c1COc1ccc(CC)cc1C. The summed E-state index contributed by atoms with van der Waals surface area (Å²) in [5.74, 6) is 1.62. The van der Waals surface area contributed by atoms with E-state index in [0.29, 0.717) is 13.0 Å². The van der Waals surface area contributed by atoms with Gasteiger partial charge in [0.2, 0.25) is 5.91 Å². The summed E-state index contributed by atoms with van der Waals surface area (Å²) < 4.78 is 11.5. The zero-order chi connectivity index (χ0) is 18.4. The molecule has 2 aromatic carbocycles. The first-order valence-corrected chi connectivity index (χ1v) is 8.66. The molecule has 2 rings (SSSR count). The third-order valence-corrected chi connectivity index (χ3v) is 4.39. The maximum absolute atomic E-state index is 12.1. The molecular formula is C21H27NO3. The molecule has 4 nitrogen and oxygen atoms in total. The Labute approximate surface area is 150 Å². The van der Waals surface area contributed by atoms with Crippen molar-refractivity contribution in [2.75, 3.05) is 19.1 Å². The van der Waals surface area contributed by atoms with Crippen molar-refractivity contribution < 1.29 is 14.3 Å². The molecule has 0 aliphatic carbocycles. The van der Waals surface area contributed by atoms with Crippen LogP contribution in [0, 0.1) is 6.92 Å². The predicted molar refractivity (Wildman–Crippen MR) is 102 cm³/mol. The Kier molecular flexibility index (Phi) is 6.45. The summed E-state index contributed by atoms with van der Waals surface area (Å²) in [6.07, 6.45) is 1.45. The molecule has 1 amide bonds. The van der Waals surface area contributed by atoms with Gasteiger partial charge < -0.3 is 14.4 Å². The Balaban J connectivity index is 2.30. The molecular weight excluding hydrogens is 314 g/mol. The van der Waals surface area contributed by atoms with Crippen LogP contribution >= 0.6 is 0 Å². The number of nitrogens with zero attached hydrogens (tertiary/aromatic N) is 1. The Morgan fingerprint density at radius 3 is 2.48 bits per heavy atom. The third-order valence-electron chi connectivity index (χ3n) is 4.39. The molecule has 4 heteroatoms. The second-order valence-corrected chi connectivity index (χ2v) is 6.01. The molecule has 0 N–H and O–H groups in total. The van der Waals surface area contributed by atoms with Gasteiger partial charge in [-0.2, -0.15) is 0 Å². The van der Waals surface area contributed by atoms with Gasteiger partial charge in [-0.3, -0.25) is 4.79 Å². The summed E-state index contributed by atoms with van der Waals surface area (Å²) in [7, 11) is 3.41. The predicted octanol–water partition coefficient (Wildman–Crippen LogP) is 4.52. The Morgan fingerprint density at radius 2 is 1.88 bits per heavy atom. The summed E-state index contributed by atoms with van der Waals surface area (Å²) in [5, 5.41) is 0. The number of ether oxygens (including phenoxy) is 2. The molecule has 25 heavy (non-hydrogen) atoms. The van der Waals surface area contributed by atoms with E-state index in [2.05, 4.69) is 19.1 Å². The number of carbonyl (C=O) groups excluding carboxylic acids is 1. The Morgan fingerprint density at radius 1 is 1.12 bits per heavy atom. The highest BCUT2D eigenvalue weighted by atomic mass is 16.5. The average molecular weight is 341 g/mol. The van der Waals surface area contributed by atoms with Crippen LogP contribution in [0.15, 0.2) is 36.4 Å². The highest BCUT2D eigenvalue weighted by Crippen LogP contribution is 2.31. The largest absolute Gasteiger partial charge is 0.496 e. The van der Waals surface area contributed by atoms with Crippen LogP contribution in [0.25, 0.3) is 0 Å². The van der Waals surface area contributed by atoms with Gasteiger partial charge in [-0.05, 0) is 42.7 Å². The molecule has 0 aromatic heterocycles. The molecule has 0 unspecified atom stereocenters. The highest BCUT2D eigenvalue weighted by Gasteiger charge is 2.17. The minimum absolute atomic E-state index is 0.0537. The monoisotopic (exact) mass is 341 g/mol. The zero-order valence-corrected chi connectivity index (χ0v) is 15.8. The van der Waals surface area contributed by atoms with Crippen LogP contribution < -0.4 is 14.4 Å². The standard InChI is InChI=1S/C21H27NO3/c1-6-16-11-12-19(15(3)13-16)25-14-17-18(22(4)21(23)7-2)9-8-10-20(17)24-5/h8-13H,6-7,14H2,1-5H3. The lowest BCUT2D eigenvalue weighted by molar-refractivity contribution is -0.118. The van der Waals surface area contributed by atoms with Gasteiger partial charge in [-0.25, -0.2) is 0 Å². The second-order valence-electron chi connectivity index (χ2n) is 6.01. The number of hydrogen-bond acceptors (Lipinski definition) is 3. The summed E-state index contributed by atoms with van der Waals surface area (Å²) in [5.41, 5.74) is 4.08. The molecule has 0 heterocycles. The van der Waals surface area contributed by atoms with Crippen molar-refractivity contribution in [3.05, 3.63) is 53.1 Å². The van der Waals surface area contributed by atoms with Crippen LogP contribution in [-0.2, 0) is 17.8 Å². The van der Waals surface area contributed by atoms with E-state index in [-0.39, 0.29) is 5.91 Å². The minimum Gasteiger partial charge on any atom is -0.496 e. The topological polar surface area (TPSA) is 38.8 Å². The van der Waals surface area contributed by atoms with Crippen molar-refractivity contribution in [3.63, 3.8) is 0 Å². The zero-order valence-electron chi connectivity index (χ0n) is 15.8. The van der Waals surface area contributed by atoms with Crippen molar-refractivity contribution in [1.29, 1.82) is 0 Å². The highest BCUT2D eigenvalue weighted by molar-refractivity contribution is 5.93. The Bertz CT molecular complexity index is 740. The number of benzene rings is 2. The van der Waals surface area contributed by atoms with Crippen molar-refractivity contribution >= 4 is 11.6 Å². The van der Waals surface area contributed by atoms with Crippen LogP contribution in [-0.4, -0.2) is 20.1 Å². The smallest absolute Gasteiger partial charge is 0.226 e. The fourth-order valence-electron chi connectivity index (χ4n) is 2.82. The summed E-state index contributed by atoms with van der Waals surface area (Å²) >= 11 is 0. The van der Waals surface area contributed by atoms with Crippen molar-refractivity contribution in [2.45, 2.75) is 40.2 Å². The van der Waals surface area contributed by atoms with Gasteiger partial charge in [0.05, 0.1) is 18.4 Å². The third kappa shape index (κ3) is 4.32. The van der Waals surface area contributed by atoms with E-state index in [0.717, 1.165) is 34.7 Å². The normalized spacial score (nSPS) is 10.4. The van der Waals surface area contributed by atoms with Gasteiger partial charge in [-0.15, -0.1) is 0 Å². The van der Waals surface area contributed by atoms with E-state index >= 15 is 0 Å². The van der Waals surface area contributed by atoms with Crippen LogP contribution in [0.1, 0.15) is 37.0 Å². The van der Waals surface area contributed by atoms with Gasteiger partial charge in [0.15, 0.2) is 0 Å². The van der Waals surface area contributed by atoms with Crippen LogP contribution in [0.2, 0.25) is 0 Å².